The first-order chi connectivity index (χ1) is 6.69. The average molecular weight is 212 g/mol. The maximum Gasteiger partial charge on any atom is 0.145 e. The standard InChI is InChI=1S/C9H10ClN3O/c1-6-7(5-11)4-8(10)9(13-6)12-2-3-14/h4,14H,2-3H2,1H3,(H,12,13). The molecule has 0 atom stereocenters. The van der Waals surface area contributed by atoms with E-state index < -0.39 is 0 Å². The third kappa shape index (κ3) is 2.34. The van der Waals surface area contributed by atoms with Crippen molar-refractivity contribution in [3.63, 3.8) is 0 Å². The van der Waals surface area contributed by atoms with Gasteiger partial charge >= 0.3 is 0 Å². The zero-order valence-corrected chi connectivity index (χ0v) is 8.47. The van der Waals surface area contributed by atoms with Crippen molar-refractivity contribution in [2.45, 2.75) is 6.92 Å². The maximum atomic E-state index is 8.70. The number of nitrogens with one attached hydrogen (secondary N) is 1. The van der Waals surface area contributed by atoms with Crippen LogP contribution in [-0.4, -0.2) is 23.2 Å². The van der Waals surface area contributed by atoms with Crippen molar-refractivity contribution in [3.05, 3.63) is 22.3 Å². The van der Waals surface area contributed by atoms with Crippen LogP contribution in [-0.2, 0) is 0 Å². The van der Waals surface area contributed by atoms with Crippen LogP contribution in [0.25, 0.3) is 0 Å². The summed E-state index contributed by atoms with van der Waals surface area (Å²) >= 11 is 5.86. The van der Waals surface area contributed by atoms with Gasteiger partial charge in [-0.2, -0.15) is 5.26 Å². The van der Waals surface area contributed by atoms with Gasteiger partial charge in [-0.25, -0.2) is 4.98 Å². The van der Waals surface area contributed by atoms with Crippen LogP contribution >= 0.6 is 11.6 Å². The molecule has 5 heteroatoms. The number of aromatic nitrogens is 1. The highest BCUT2D eigenvalue weighted by Crippen LogP contribution is 2.21. The van der Waals surface area contributed by atoms with E-state index in [-0.39, 0.29) is 6.61 Å². The van der Waals surface area contributed by atoms with Gasteiger partial charge in [-0.3, -0.25) is 0 Å². The Labute approximate surface area is 87.2 Å². The maximum absolute atomic E-state index is 8.70. The Morgan fingerprint density at radius 3 is 3.00 bits per heavy atom. The van der Waals surface area contributed by atoms with Crippen molar-refractivity contribution in [2.24, 2.45) is 0 Å². The summed E-state index contributed by atoms with van der Waals surface area (Å²) in [6.07, 6.45) is 0. The zero-order valence-electron chi connectivity index (χ0n) is 7.71. The summed E-state index contributed by atoms with van der Waals surface area (Å²) in [5, 5.41) is 20.5. The number of halogens is 1. The molecule has 1 rings (SSSR count). The van der Waals surface area contributed by atoms with Gasteiger partial charge in [-0.1, -0.05) is 11.6 Å². The lowest BCUT2D eigenvalue weighted by molar-refractivity contribution is 0.311. The highest BCUT2D eigenvalue weighted by atomic mass is 35.5. The fourth-order valence-corrected chi connectivity index (χ4v) is 1.21. The minimum absolute atomic E-state index is 0.0110. The second-order valence-corrected chi connectivity index (χ2v) is 3.12. The molecule has 4 nitrogen and oxygen atoms in total. The number of anilines is 1. The van der Waals surface area contributed by atoms with Gasteiger partial charge in [0.25, 0.3) is 0 Å². The van der Waals surface area contributed by atoms with Crippen LogP contribution in [0.1, 0.15) is 11.3 Å². The van der Waals surface area contributed by atoms with Crippen LogP contribution in [0, 0.1) is 18.3 Å². The van der Waals surface area contributed by atoms with Crippen molar-refractivity contribution in [1.82, 2.24) is 4.98 Å². The van der Waals surface area contributed by atoms with E-state index in [4.69, 9.17) is 22.0 Å². The summed E-state index contributed by atoms with van der Waals surface area (Å²) in [5.41, 5.74) is 1.09. The molecule has 0 saturated carbocycles. The first kappa shape index (κ1) is 10.8. The number of hydrogen-bond acceptors (Lipinski definition) is 4. The molecule has 0 saturated heterocycles. The van der Waals surface area contributed by atoms with E-state index in [1.807, 2.05) is 6.07 Å². The number of aliphatic hydroxyl groups excluding tert-OH is 1. The van der Waals surface area contributed by atoms with Gasteiger partial charge in [0.1, 0.15) is 11.9 Å². The molecule has 0 amide bonds. The van der Waals surface area contributed by atoms with E-state index in [9.17, 15) is 0 Å². The molecule has 14 heavy (non-hydrogen) atoms. The van der Waals surface area contributed by atoms with Gasteiger partial charge in [-0.15, -0.1) is 0 Å². The van der Waals surface area contributed by atoms with Crippen LogP contribution in [0.5, 0.6) is 0 Å². The highest BCUT2D eigenvalue weighted by molar-refractivity contribution is 6.33. The van der Waals surface area contributed by atoms with Crippen molar-refractivity contribution in [2.75, 3.05) is 18.5 Å². The van der Waals surface area contributed by atoms with E-state index in [1.165, 1.54) is 0 Å². The Kier molecular flexibility index (Phi) is 3.69. The lowest BCUT2D eigenvalue weighted by atomic mass is 10.2. The van der Waals surface area contributed by atoms with E-state index in [0.29, 0.717) is 28.6 Å². The van der Waals surface area contributed by atoms with Gasteiger partial charge in [-0.05, 0) is 13.0 Å². The predicted octanol–water partition coefficient (Wildman–Crippen LogP) is 1.32. The van der Waals surface area contributed by atoms with Crippen molar-refractivity contribution >= 4 is 17.4 Å². The lowest BCUT2D eigenvalue weighted by Gasteiger charge is -2.07. The Bertz CT molecular complexity index is 373. The first-order valence-electron chi connectivity index (χ1n) is 4.11. The average Bonchev–Trinajstić information content (AvgIpc) is 2.18. The molecule has 1 heterocycles. The van der Waals surface area contributed by atoms with Gasteiger partial charge < -0.3 is 10.4 Å². The van der Waals surface area contributed by atoms with Crippen LogP contribution in [0.3, 0.4) is 0 Å². The molecule has 1 aromatic rings. The molecule has 0 unspecified atom stereocenters. The number of pyridine rings is 1. The van der Waals surface area contributed by atoms with Gasteiger partial charge in [0, 0.05) is 6.54 Å². The van der Waals surface area contributed by atoms with Crippen LogP contribution in [0.2, 0.25) is 5.02 Å². The number of rotatable bonds is 3. The van der Waals surface area contributed by atoms with E-state index in [1.54, 1.807) is 13.0 Å². The molecule has 0 aromatic carbocycles. The van der Waals surface area contributed by atoms with Gasteiger partial charge in [0.15, 0.2) is 0 Å². The quantitative estimate of drug-likeness (QED) is 0.791. The van der Waals surface area contributed by atoms with E-state index in [0.717, 1.165) is 0 Å². The normalized spacial score (nSPS) is 9.57. The molecular formula is C9H10ClN3O. The topological polar surface area (TPSA) is 68.9 Å². The number of aliphatic hydroxyl groups is 1. The number of nitrogens with zero attached hydrogens (tertiary/aromatic N) is 2. The largest absolute Gasteiger partial charge is 0.395 e. The second kappa shape index (κ2) is 4.80. The summed E-state index contributed by atoms with van der Waals surface area (Å²) in [6, 6.07) is 3.55. The molecule has 0 fully saturated rings. The Morgan fingerprint density at radius 2 is 2.43 bits per heavy atom. The summed E-state index contributed by atoms with van der Waals surface area (Å²) in [7, 11) is 0. The third-order valence-electron chi connectivity index (χ3n) is 1.69. The van der Waals surface area contributed by atoms with Crippen LogP contribution < -0.4 is 5.32 Å². The summed E-state index contributed by atoms with van der Waals surface area (Å²) in [4.78, 5) is 4.10. The predicted molar refractivity (Wildman–Crippen MR) is 54.3 cm³/mol. The minimum Gasteiger partial charge on any atom is -0.395 e. The molecule has 74 valence electrons. The molecule has 1 aromatic heterocycles. The van der Waals surface area contributed by atoms with Gasteiger partial charge in [0.05, 0.1) is 22.9 Å². The highest BCUT2D eigenvalue weighted by Gasteiger charge is 2.06. The van der Waals surface area contributed by atoms with Crippen molar-refractivity contribution < 1.29 is 5.11 Å². The molecule has 0 spiro atoms. The monoisotopic (exact) mass is 211 g/mol. The molecule has 2 N–H and O–H groups in total. The molecule has 0 aliphatic carbocycles. The fraction of sp³-hybridized carbons (Fsp3) is 0.333. The molecule has 0 radical (unpaired) electrons. The van der Waals surface area contributed by atoms with E-state index >= 15 is 0 Å². The molecule has 0 aliphatic heterocycles. The summed E-state index contributed by atoms with van der Waals surface area (Å²) in [5.74, 6) is 0.497. The van der Waals surface area contributed by atoms with Crippen LogP contribution in [0.15, 0.2) is 6.07 Å². The number of hydrogen-bond donors (Lipinski definition) is 2. The Morgan fingerprint density at radius 1 is 1.71 bits per heavy atom. The van der Waals surface area contributed by atoms with Crippen molar-refractivity contribution in [1.29, 1.82) is 5.26 Å². The van der Waals surface area contributed by atoms with Crippen molar-refractivity contribution in [3.8, 4) is 6.07 Å². The molecular weight excluding hydrogens is 202 g/mol. The lowest BCUT2D eigenvalue weighted by Crippen LogP contribution is -2.08. The van der Waals surface area contributed by atoms with Gasteiger partial charge in [0.2, 0.25) is 0 Å². The third-order valence-corrected chi connectivity index (χ3v) is 1.98. The smallest absolute Gasteiger partial charge is 0.145 e. The zero-order chi connectivity index (χ0) is 10.6. The van der Waals surface area contributed by atoms with E-state index in [2.05, 4.69) is 10.3 Å². The molecule has 0 bridgehead atoms. The Hall–Kier alpha value is -1.31. The number of nitriles is 1. The number of aryl methyl sites for hydroxylation is 1. The Balaban J connectivity index is 2.98. The second-order valence-electron chi connectivity index (χ2n) is 2.71. The SMILES string of the molecule is Cc1nc(NCCO)c(Cl)cc1C#N. The molecule has 0 aliphatic rings. The fourth-order valence-electron chi connectivity index (χ4n) is 0.992. The summed E-state index contributed by atoms with van der Waals surface area (Å²) in [6.45, 7) is 2.13. The van der Waals surface area contributed by atoms with Crippen LogP contribution in [0.4, 0.5) is 5.82 Å². The summed E-state index contributed by atoms with van der Waals surface area (Å²) < 4.78 is 0. The first-order valence-corrected chi connectivity index (χ1v) is 4.48. The minimum atomic E-state index is 0.0110.